The second kappa shape index (κ2) is 10.4. The maximum Gasteiger partial charge on any atom is 0.319 e. The molecule has 0 aliphatic carbocycles. The van der Waals surface area contributed by atoms with Gasteiger partial charge in [0.1, 0.15) is 5.82 Å². The van der Waals surface area contributed by atoms with Crippen LogP contribution in [0.1, 0.15) is 25.1 Å². The average Bonchev–Trinajstić information content (AvgIpc) is 3.28. The van der Waals surface area contributed by atoms with Crippen LogP contribution in [0.2, 0.25) is 0 Å². The molecule has 3 heterocycles. The third-order valence-electron chi connectivity index (χ3n) is 5.79. The number of aryl methyl sites for hydroxylation is 1. The van der Waals surface area contributed by atoms with Crippen LogP contribution in [0.15, 0.2) is 42.7 Å². The molecule has 9 nitrogen and oxygen atoms in total. The number of morpholine rings is 1. The van der Waals surface area contributed by atoms with E-state index in [1.165, 1.54) is 0 Å². The van der Waals surface area contributed by atoms with Crippen LogP contribution in [0.25, 0.3) is 11.4 Å². The number of amides is 2. The van der Waals surface area contributed by atoms with Gasteiger partial charge >= 0.3 is 6.03 Å². The predicted octanol–water partition coefficient (Wildman–Crippen LogP) is 3.63. The fourth-order valence-corrected chi connectivity index (χ4v) is 3.87. The van der Waals surface area contributed by atoms with Gasteiger partial charge in [0.05, 0.1) is 29.9 Å². The number of hydrogen-bond donors (Lipinski definition) is 2. The molecule has 0 spiro atoms. The summed E-state index contributed by atoms with van der Waals surface area (Å²) in [6, 6.07) is 9.42. The van der Waals surface area contributed by atoms with E-state index in [0.29, 0.717) is 31.3 Å². The van der Waals surface area contributed by atoms with Gasteiger partial charge in [0.25, 0.3) is 0 Å². The van der Waals surface area contributed by atoms with E-state index in [-0.39, 0.29) is 10.8 Å². The fraction of sp³-hybridized carbons (Fsp3) is 0.417. The van der Waals surface area contributed by atoms with Crippen molar-refractivity contribution in [3.63, 3.8) is 0 Å². The maximum atomic E-state index is 12.3. The first kappa shape index (κ1) is 24.0. The molecule has 1 aromatic carbocycles. The lowest BCUT2D eigenvalue weighted by atomic mass is 10.1. The van der Waals surface area contributed by atoms with Gasteiger partial charge in [-0.1, -0.05) is 0 Å². The van der Waals surface area contributed by atoms with E-state index < -0.39 is 0 Å². The SMILES string of the molecule is CSC(C)(C)c1cc(N2CCOCC2)nc(-c2ccc(NC(=O)NCc3cnn(C)c3)cc2)n1. The third-order valence-corrected chi connectivity index (χ3v) is 7.02. The molecule has 34 heavy (non-hydrogen) atoms. The van der Waals surface area contributed by atoms with Crippen LogP contribution < -0.4 is 15.5 Å². The number of urea groups is 1. The van der Waals surface area contributed by atoms with Crippen LogP contribution >= 0.6 is 11.8 Å². The Kier molecular flexibility index (Phi) is 7.38. The Morgan fingerprint density at radius 3 is 2.56 bits per heavy atom. The van der Waals surface area contributed by atoms with Crippen molar-refractivity contribution >= 4 is 29.3 Å². The van der Waals surface area contributed by atoms with Crippen LogP contribution in [-0.4, -0.2) is 58.3 Å². The van der Waals surface area contributed by atoms with Gasteiger partial charge in [-0.15, -0.1) is 0 Å². The summed E-state index contributed by atoms with van der Waals surface area (Å²) in [6.07, 6.45) is 5.69. The summed E-state index contributed by atoms with van der Waals surface area (Å²) >= 11 is 1.76. The van der Waals surface area contributed by atoms with Gasteiger partial charge in [0, 0.05) is 55.8 Å². The Hall–Kier alpha value is -3.11. The van der Waals surface area contributed by atoms with Crippen LogP contribution in [0.4, 0.5) is 16.3 Å². The molecule has 3 aromatic rings. The number of carbonyl (C=O) groups is 1. The zero-order chi connectivity index (χ0) is 24.1. The summed E-state index contributed by atoms with van der Waals surface area (Å²) in [5, 5.41) is 9.80. The maximum absolute atomic E-state index is 12.3. The van der Waals surface area contributed by atoms with Crippen LogP contribution in [0.3, 0.4) is 0 Å². The first-order valence-electron chi connectivity index (χ1n) is 11.2. The lowest BCUT2D eigenvalue weighted by molar-refractivity contribution is 0.122. The van der Waals surface area contributed by atoms with Crippen molar-refractivity contribution in [2.75, 3.05) is 42.8 Å². The van der Waals surface area contributed by atoms with Crippen LogP contribution in [0.5, 0.6) is 0 Å². The zero-order valence-electron chi connectivity index (χ0n) is 20.0. The molecule has 2 N–H and O–H groups in total. The Balaban J connectivity index is 1.50. The summed E-state index contributed by atoms with van der Waals surface area (Å²) < 4.78 is 7.07. The summed E-state index contributed by atoms with van der Waals surface area (Å²) in [5.74, 6) is 1.59. The Labute approximate surface area is 204 Å². The quantitative estimate of drug-likeness (QED) is 0.532. The Morgan fingerprint density at radius 1 is 1.18 bits per heavy atom. The molecule has 180 valence electrons. The molecule has 1 saturated heterocycles. The van der Waals surface area contributed by atoms with E-state index in [1.807, 2.05) is 37.5 Å². The standard InChI is InChI=1S/C24H31N7O2S/c1-24(2,34-4)20-13-21(31-9-11-33-12-10-31)29-22(28-20)18-5-7-19(8-6-18)27-23(32)25-14-17-15-26-30(3)16-17/h5-8,13,15-16H,9-12,14H2,1-4H3,(H2,25,27,32). The van der Waals surface area contributed by atoms with E-state index in [1.54, 1.807) is 22.6 Å². The Morgan fingerprint density at radius 2 is 1.91 bits per heavy atom. The zero-order valence-corrected chi connectivity index (χ0v) is 20.9. The minimum atomic E-state index is -0.272. The predicted molar refractivity (Wildman–Crippen MR) is 136 cm³/mol. The van der Waals surface area contributed by atoms with Gasteiger partial charge in [0.15, 0.2) is 5.82 Å². The number of anilines is 2. The van der Waals surface area contributed by atoms with E-state index in [2.05, 4.69) is 46.8 Å². The first-order chi connectivity index (χ1) is 16.3. The summed E-state index contributed by atoms with van der Waals surface area (Å²) in [4.78, 5) is 24.3. The molecule has 2 aromatic heterocycles. The molecule has 1 fully saturated rings. The number of ether oxygens (including phenoxy) is 1. The number of carbonyl (C=O) groups excluding carboxylic acids is 1. The molecule has 0 unspecified atom stereocenters. The summed E-state index contributed by atoms with van der Waals surface area (Å²) in [6.45, 7) is 7.77. The summed E-state index contributed by atoms with van der Waals surface area (Å²) in [7, 11) is 1.84. The van der Waals surface area contributed by atoms with Gasteiger partial charge in [-0.3, -0.25) is 4.68 Å². The highest BCUT2D eigenvalue weighted by molar-refractivity contribution is 7.99. The number of rotatable bonds is 7. The number of aromatic nitrogens is 4. The number of nitrogens with one attached hydrogen (secondary N) is 2. The van der Waals surface area contributed by atoms with Crippen molar-refractivity contribution < 1.29 is 9.53 Å². The number of nitrogens with zero attached hydrogens (tertiary/aromatic N) is 5. The fourth-order valence-electron chi connectivity index (χ4n) is 3.55. The smallest absolute Gasteiger partial charge is 0.319 e. The van der Waals surface area contributed by atoms with E-state index in [4.69, 9.17) is 14.7 Å². The summed E-state index contributed by atoms with van der Waals surface area (Å²) in [5.41, 5.74) is 3.52. The molecule has 0 radical (unpaired) electrons. The van der Waals surface area contributed by atoms with E-state index in [9.17, 15) is 4.79 Å². The second-order valence-electron chi connectivity index (χ2n) is 8.66. The van der Waals surface area contributed by atoms with Gasteiger partial charge < -0.3 is 20.3 Å². The van der Waals surface area contributed by atoms with Crippen molar-refractivity contribution in [1.82, 2.24) is 25.1 Å². The van der Waals surface area contributed by atoms with Gasteiger partial charge in [-0.05, 0) is 44.4 Å². The normalized spacial score (nSPS) is 14.2. The molecule has 4 rings (SSSR count). The van der Waals surface area contributed by atoms with Crippen molar-refractivity contribution in [2.45, 2.75) is 25.1 Å². The number of benzene rings is 1. The molecular weight excluding hydrogens is 450 g/mol. The number of thioether (sulfide) groups is 1. The molecule has 1 aliphatic rings. The van der Waals surface area contributed by atoms with Crippen molar-refractivity contribution in [1.29, 1.82) is 0 Å². The van der Waals surface area contributed by atoms with Gasteiger partial charge in [-0.25, -0.2) is 14.8 Å². The monoisotopic (exact) mass is 481 g/mol. The first-order valence-corrected chi connectivity index (χ1v) is 12.5. The molecule has 0 bridgehead atoms. The van der Waals surface area contributed by atoms with Crippen molar-refractivity contribution in [3.8, 4) is 11.4 Å². The highest BCUT2D eigenvalue weighted by atomic mass is 32.2. The van der Waals surface area contributed by atoms with Gasteiger partial charge in [-0.2, -0.15) is 16.9 Å². The largest absolute Gasteiger partial charge is 0.378 e. The molecule has 0 atom stereocenters. The van der Waals surface area contributed by atoms with E-state index in [0.717, 1.165) is 35.7 Å². The molecule has 0 saturated carbocycles. The lowest BCUT2D eigenvalue weighted by Crippen LogP contribution is -2.37. The molecule has 2 amide bonds. The number of hydrogen-bond acceptors (Lipinski definition) is 7. The minimum absolute atomic E-state index is 0.146. The van der Waals surface area contributed by atoms with Gasteiger partial charge in [0.2, 0.25) is 0 Å². The van der Waals surface area contributed by atoms with Crippen molar-refractivity contribution in [3.05, 3.63) is 54.0 Å². The second-order valence-corrected chi connectivity index (χ2v) is 10.1. The minimum Gasteiger partial charge on any atom is -0.378 e. The van der Waals surface area contributed by atoms with Crippen LogP contribution in [0, 0.1) is 0 Å². The average molecular weight is 482 g/mol. The molecular formula is C24H31N7O2S. The van der Waals surface area contributed by atoms with Crippen LogP contribution in [-0.2, 0) is 23.1 Å². The highest BCUT2D eigenvalue weighted by Gasteiger charge is 2.25. The Bertz CT molecular complexity index is 1120. The van der Waals surface area contributed by atoms with Crippen molar-refractivity contribution in [2.24, 2.45) is 7.05 Å². The topological polar surface area (TPSA) is 97.2 Å². The van der Waals surface area contributed by atoms with E-state index >= 15 is 0 Å². The third kappa shape index (κ3) is 5.87. The lowest BCUT2D eigenvalue weighted by Gasteiger charge is -2.30. The molecule has 10 heteroatoms. The molecule has 1 aliphatic heterocycles. The highest BCUT2D eigenvalue weighted by Crippen LogP contribution is 2.35.